The molecule has 4 heteroatoms. The smallest absolute Gasteiger partial charge is 0.159 e. The van der Waals surface area contributed by atoms with Crippen molar-refractivity contribution in [2.75, 3.05) is 0 Å². The molecule has 0 radical (unpaired) electrons. The van der Waals surface area contributed by atoms with Crippen molar-refractivity contribution in [3.8, 4) is 17.3 Å². The average molecular weight is 223 g/mol. The molecule has 2 aromatic rings. The zero-order valence-corrected chi connectivity index (χ0v) is 9.21. The third kappa shape index (κ3) is 2.34. The minimum atomic E-state index is 0.00131. The van der Waals surface area contributed by atoms with Crippen molar-refractivity contribution in [2.24, 2.45) is 0 Å². The maximum Gasteiger partial charge on any atom is 0.159 e. The molecular weight excluding hydrogens is 214 g/mol. The topological polar surface area (TPSA) is 66.6 Å². The molecule has 1 aromatic heterocycles. The zero-order chi connectivity index (χ0) is 12.3. The maximum atomic E-state index is 11.3. The van der Waals surface area contributed by atoms with Gasteiger partial charge in [0, 0.05) is 17.2 Å². The van der Waals surface area contributed by atoms with Crippen molar-refractivity contribution in [3.63, 3.8) is 0 Å². The molecule has 0 bridgehead atoms. The minimum Gasteiger partial charge on any atom is -0.295 e. The molecule has 4 nitrogen and oxygen atoms in total. The first-order valence-corrected chi connectivity index (χ1v) is 5.04. The van der Waals surface area contributed by atoms with E-state index in [2.05, 4.69) is 9.97 Å². The van der Waals surface area contributed by atoms with Gasteiger partial charge in [0.2, 0.25) is 0 Å². The van der Waals surface area contributed by atoms with Gasteiger partial charge >= 0.3 is 0 Å². The van der Waals surface area contributed by atoms with Gasteiger partial charge in [0.25, 0.3) is 0 Å². The Morgan fingerprint density at radius 2 is 2.12 bits per heavy atom. The Morgan fingerprint density at radius 3 is 2.82 bits per heavy atom. The van der Waals surface area contributed by atoms with E-state index < -0.39 is 0 Å². The highest BCUT2D eigenvalue weighted by molar-refractivity contribution is 5.95. The minimum absolute atomic E-state index is 0.00131. The fourth-order valence-electron chi connectivity index (χ4n) is 1.47. The van der Waals surface area contributed by atoms with Crippen LogP contribution >= 0.6 is 0 Å². The summed E-state index contributed by atoms with van der Waals surface area (Å²) in [6.45, 7) is 1.51. The predicted octanol–water partition coefficient (Wildman–Crippen LogP) is 2.22. The number of carbonyl (C=O) groups is 1. The van der Waals surface area contributed by atoms with Gasteiger partial charge in [-0.25, -0.2) is 9.97 Å². The second kappa shape index (κ2) is 4.54. The van der Waals surface area contributed by atoms with E-state index in [9.17, 15) is 4.79 Å². The Labute approximate surface area is 98.6 Å². The lowest BCUT2D eigenvalue weighted by molar-refractivity contribution is 0.101. The van der Waals surface area contributed by atoms with Gasteiger partial charge in [0.15, 0.2) is 5.78 Å². The highest BCUT2D eigenvalue weighted by atomic mass is 16.1. The summed E-state index contributed by atoms with van der Waals surface area (Å²) in [5.41, 5.74) is 2.37. The molecule has 0 saturated carbocycles. The summed E-state index contributed by atoms with van der Waals surface area (Å²) in [6, 6.07) is 10.7. The summed E-state index contributed by atoms with van der Waals surface area (Å²) in [4.78, 5) is 19.2. The van der Waals surface area contributed by atoms with Crippen molar-refractivity contribution in [2.45, 2.75) is 6.92 Å². The number of benzene rings is 1. The highest BCUT2D eigenvalue weighted by Gasteiger charge is 2.04. The number of hydrogen-bond donors (Lipinski definition) is 0. The van der Waals surface area contributed by atoms with Crippen LogP contribution in [0.5, 0.6) is 0 Å². The van der Waals surface area contributed by atoms with Crippen LogP contribution in [0.3, 0.4) is 0 Å². The van der Waals surface area contributed by atoms with Gasteiger partial charge in [-0.1, -0.05) is 18.2 Å². The number of hydrogen-bond acceptors (Lipinski definition) is 4. The summed E-state index contributed by atoms with van der Waals surface area (Å²) in [6.07, 6.45) is 1.34. The lowest BCUT2D eigenvalue weighted by Gasteiger charge is -2.02. The van der Waals surface area contributed by atoms with Crippen molar-refractivity contribution < 1.29 is 4.79 Å². The van der Waals surface area contributed by atoms with Crippen LogP contribution in [-0.2, 0) is 0 Å². The number of nitriles is 1. The van der Waals surface area contributed by atoms with E-state index in [0.29, 0.717) is 17.0 Å². The number of nitrogens with zero attached hydrogens (tertiary/aromatic N) is 3. The van der Waals surface area contributed by atoms with Crippen molar-refractivity contribution in [1.82, 2.24) is 9.97 Å². The molecule has 0 aliphatic carbocycles. The maximum absolute atomic E-state index is 11.3. The summed E-state index contributed by atoms with van der Waals surface area (Å²) in [5.74, 6) is 0.00131. The van der Waals surface area contributed by atoms with Crippen LogP contribution in [0.25, 0.3) is 11.3 Å². The van der Waals surface area contributed by atoms with Crippen LogP contribution in [0.15, 0.2) is 36.7 Å². The number of Topliss-reactive ketones (excluding diaryl/α,β-unsaturated/α-hetero) is 1. The van der Waals surface area contributed by atoms with Crippen molar-refractivity contribution in [3.05, 3.63) is 47.9 Å². The van der Waals surface area contributed by atoms with Crippen LogP contribution < -0.4 is 0 Å². The molecule has 2 rings (SSSR count). The number of ketones is 1. The molecule has 1 heterocycles. The van der Waals surface area contributed by atoms with E-state index in [1.165, 1.54) is 13.3 Å². The first kappa shape index (κ1) is 11.0. The van der Waals surface area contributed by atoms with Crippen molar-refractivity contribution >= 4 is 5.78 Å². The third-order valence-corrected chi connectivity index (χ3v) is 2.35. The van der Waals surface area contributed by atoms with Gasteiger partial charge < -0.3 is 0 Å². The Morgan fingerprint density at radius 1 is 1.29 bits per heavy atom. The van der Waals surface area contributed by atoms with Gasteiger partial charge in [-0.3, -0.25) is 4.79 Å². The fraction of sp³-hybridized carbons (Fsp3) is 0.0769. The lowest BCUT2D eigenvalue weighted by Crippen LogP contribution is -1.93. The number of carbonyl (C=O) groups excluding carboxylic acids is 1. The summed E-state index contributed by atoms with van der Waals surface area (Å²) < 4.78 is 0. The van der Waals surface area contributed by atoms with Gasteiger partial charge in [-0.15, -0.1) is 0 Å². The molecule has 0 aliphatic heterocycles. The van der Waals surface area contributed by atoms with E-state index in [1.54, 1.807) is 24.3 Å². The Kier molecular flexibility index (Phi) is 2.93. The average Bonchev–Trinajstić information content (AvgIpc) is 2.39. The lowest BCUT2D eigenvalue weighted by atomic mass is 10.1. The molecule has 0 atom stereocenters. The predicted molar refractivity (Wildman–Crippen MR) is 62.2 cm³/mol. The highest BCUT2D eigenvalue weighted by Crippen LogP contribution is 2.18. The van der Waals surface area contributed by atoms with Gasteiger partial charge in [-0.05, 0) is 13.0 Å². The Bertz CT molecular complexity index is 614. The van der Waals surface area contributed by atoms with Crippen LogP contribution in [0, 0.1) is 11.3 Å². The molecule has 0 amide bonds. The quantitative estimate of drug-likeness (QED) is 0.732. The summed E-state index contributed by atoms with van der Waals surface area (Å²) >= 11 is 0. The fourth-order valence-corrected chi connectivity index (χ4v) is 1.47. The normalized spacial score (nSPS) is 9.65. The second-order valence-electron chi connectivity index (χ2n) is 3.54. The van der Waals surface area contributed by atoms with Crippen LogP contribution in [0.4, 0.5) is 0 Å². The van der Waals surface area contributed by atoms with Gasteiger partial charge in [-0.2, -0.15) is 5.26 Å². The molecule has 1 aromatic carbocycles. The zero-order valence-electron chi connectivity index (χ0n) is 9.21. The largest absolute Gasteiger partial charge is 0.295 e. The van der Waals surface area contributed by atoms with E-state index in [-0.39, 0.29) is 5.78 Å². The molecule has 0 unspecified atom stereocenters. The van der Waals surface area contributed by atoms with Crippen LogP contribution in [-0.4, -0.2) is 15.8 Å². The SMILES string of the molecule is CC(=O)c1cccc(-c2cc(C#N)ncn2)c1. The standard InChI is InChI=1S/C13H9N3O/c1-9(17)10-3-2-4-11(5-10)13-6-12(7-14)15-8-16-13/h2-6,8H,1H3. The molecule has 0 spiro atoms. The van der Waals surface area contributed by atoms with E-state index in [1.807, 2.05) is 12.1 Å². The molecule has 0 saturated heterocycles. The summed E-state index contributed by atoms with van der Waals surface area (Å²) in [7, 11) is 0. The second-order valence-corrected chi connectivity index (χ2v) is 3.54. The van der Waals surface area contributed by atoms with E-state index in [0.717, 1.165) is 5.56 Å². The van der Waals surface area contributed by atoms with E-state index in [4.69, 9.17) is 5.26 Å². The van der Waals surface area contributed by atoms with Gasteiger partial charge in [0.05, 0.1) is 5.69 Å². The molecular formula is C13H9N3O. The molecule has 0 fully saturated rings. The molecule has 0 N–H and O–H groups in total. The number of aromatic nitrogens is 2. The third-order valence-electron chi connectivity index (χ3n) is 2.35. The van der Waals surface area contributed by atoms with Crippen LogP contribution in [0.2, 0.25) is 0 Å². The first-order valence-electron chi connectivity index (χ1n) is 5.04. The first-order chi connectivity index (χ1) is 8.20. The van der Waals surface area contributed by atoms with E-state index >= 15 is 0 Å². The van der Waals surface area contributed by atoms with Gasteiger partial charge in [0.1, 0.15) is 18.1 Å². The van der Waals surface area contributed by atoms with Crippen LogP contribution in [0.1, 0.15) is 23.0 Å². The van der Waals surface area contributed by atoms with Crippen molar-refractivity contribution in [1.29, 1.82) is 5.26 Å². The monoisotopic (exact) mass is 223 g/mol. The Balaban J connectivity index is 2.49. The number of rotatable bonds is 2. The molecule has 0 aliphatic rings. The Hall–Kier alpha value is -2.54. The molecule has 82 valence electrons. The summed E-state index contributed by atoms with van der Waals surface area (Å²) in [5, 5.41) is 8.76. The molecule has 17 heavy (non-hydrogen) atoms.